The van der Waals surface area contributed by atoms with Gasteiger partial charge in [-0.2, -0.15) is 5.10 Å². The second-order valence-electron chi connectivity index (χ2n) is 4.32. The molecule has 1 aromatic heterocycles. The van der Waals surface area contributed by atoms with Gasteiger partial charge in [0.2, 0.25) is 0 Å². The van der Waals surface area contributed by atoms with Crippen molar-refractivity contribution in [1.82, 2.24) is 9.78 Å². The SMILES string of the molecule is CCOCCCNc1cnn(C)c1C1CC1. The predicted molar refractivity (Wildman–Crippen MR) is 64.8 cm³/mol. The van der Waals surface area contributed by atoms with Crippen LogP contribution in [0.15, 0.2) is 6.20 Å². The normalized spacial score (nSPS) is 15.4. The monoisotopic (exact) mass is 223 g/mol. The third kappa shape index (κ3) is 2.76. The van der Waals surface area contributed by atoms with E-state index in [9.17, 15) is 0 Å². The second kappa shape index (κ2) is 5.34. The van der Waals surface area contributed by atoms with Crippen molar-refractivity contribution in [3.8, 4) is 0 Å². The van der Waals surface area contributed by atoms with Gasteiger partial charge in [0.25, 0.3) is 0 Å². The summed E-state index contributed by atoms with van der Waals surface area (Å²) in [4.78, 5) is 0. The molecule has 1 saturated carbocycles. The molecule has 1 aliphatic carbocycles. The minimum atomic E-state index is 0.738. The van der Waals surface area contributed by atoms with Gasteiger partial charge in [0.1, 0.15) is 0 Å². The van der Waals surface area contributed by atoms with Gasteiger partial charge >= 0.3 is 0 Å². The van der Waals surface area contributed by atoms with Crippen LogP contribution in [0, 0.1) is 0 Å². The number of ether oxygens (including phenoxy) is 1. The minimum absolute atomic E-state index is 0.738. The lowest BCUT2D eigenvalue weighted by Gasteiger charge is -2.07. The molecule has 0 atom stereocenters. The van der Waals surface area contributed by atoms with Crippen LogP contribution in [0.1, 0.15) is 37.8 Å². The van der Waals surface area contributed by atoms with E-state index in [1.165, 1.54) is 24.2 Å². The summed E-state index contributed by atoms with van der Waals surface area (Å²) in [6.45, 7) is 4.63. The number of hydrogen-bond donors (Lipinski definition) is 1. The first-order valence-corrected chi connectivity index (χ1v) is 6.16. The Hall–Kier alpha value is -1.03. The highest BCUT2D eigenvalue weighted by Crippen LogP contribution is 2.42. The molecule has 0 radical (unpaired) electrons. The van der Waals surface area contributed by atoms with E-state index in [-0.39, 0.29) is 0 Å². The molecule has 2 rings (SSSR count). The minimum Gasteiger partial charge on any atom is -0.382 e. The standard InChI is InChI=1S/C12H21N3O/c1-3-16-8-4-7-13-11-9-14-15(2)12(11)10-5-6-10/h9-10,13H,3-8H2,1-2H3. The van der Waals surface area contributed by atoms with Crippen molar-refractivity contribution >= 4 is 5.69 Å². The summed E-state index contributed by atoms with van der Waals surface area (Å²) in [6, 6.07) is 0. The Morgan fingerprint density at radius 2 is 2.38 bits per heavy atom. The van der Waals surface area contributed by atoms with Crippen LogP contribution in [-0.2, 0) is 11.8 Å². The summed E-state index contributed by atoms with van der Waals surface area (Å²) in [6.07, 6.45) is 5.61. The summed E-state index contributed by atoms with van der Waals surface area (Å²) >= 11 is 0. The van der Waals surface area contributed by atoms with Gasteiger partial charge in [-0.15, -0.1) is 0 Å². The maximum absolute atomic E-state index is 5.31. The molecule has 4 nitrogen and oxygen atoms in total. The topological polar surface area (TPSA) is 39.1 Å². The van der Waals surface area contributed by atoms with Gasteiger partial charge in [-0.3, -0.25) is 4.68 Å². The molecule has 1 N–H and O–H groups in total. The van der Waals surface area contributed by atoms with Crippen molar-refractivity contribution in [2.45, 2.75) is 32.1 Å². The van der Waals surface area contributed by atoms with E-state index in [1.807, 2.05) is 24.9 Å². The molecule has 0 aliphatic heterocycles. The molecule has 0 aromatic carbocycles. The van der Waals surface area contributed by atoms with E-state index < -0.39 is 0 Å². The first kappa shape index (κ1) is 11.5. The maximum Gasteiger partial charge on any atom is 0.0761 e. The van der Waals surface area contributed by atoms with Crippen LogP contribution in [-0.4, -0.2) is 29.5 Å². The van der Waals surface area contributed by atoms with Crippen LogP contribution in [0.25, 0.3) is 0 Å². The van der Waals surface area contributed by atoms with Crippen LogP contribution in [0.4, 0.5) is 5.69 Å². The second-order valence-corrected chi connectivity index (χ2v) is 4.32. The maximum atomic E-state index is 5.31. The van der Waals surface area contributed by atoms with E-state index in [0.717, 1.165) is 32.1 Å². The fourth-order valence-corrected chi connectivity index (χ4v) is 1.97. The lowest BCUT2D eigenvalue weighted by atomic mass is 10.2. The molecule has 0 saturated heterocycles. The Bertz CT molecular complexity index is 331. The van der Waals surface area contributed by atoms with Crippen molar-refractivity contribution in [2.75, 3.05) is 25.1 Å². The summed E-state index contributed by atoms with van der Waals surface area (Å²) < 4.78 is 7.31. The number of rotatable bonds is 7. The number of anilines is 1. The number of hydrogen-bond acceptors (Lipinski definition) is 3. The largest absolute Gasteiger partial charge is 0.382 e. The first-order valence-electron chi connectivity index (χ1n) is 6.16. The molecule has 0 unspecified atom stereocenters. The highest BCUT2D eigenvalue weighted by molar-refractivity contribution is 5.49. The van der Waals surface area contributed by atoms with Crippen LogP contribution in [0.2, 0.25) is 0 Å². The van der Waals surface area contributed by atoms with E-state index in [0.29, 0.717) is 0 Å². The molecular formula is C12H21N3O. The number of aromatic nitrogens is 2. The average molecular weight is 223 g/mol. The number of nitrogens with zero attached hydrogens (tertiary/aromatic N) is 2. The first-order chi connectivity index (χ1) is 7.83. The summed E-state index contributed by atoms with van der Waals surface area (Å²) in [5, 5.41) is 7.77. The van der Waals surface area contributed by atoms with E-state index in [2.05, 4.69) is 10.4 Å². The zero-order valence-corrected chi connectivity index (χ0v) is 10.2. The lowest BCUT2D eigenvalue weighted by Crippen LogP contribution is -2.07. The van der Waals surface area contributed by atoms with Gasteiger partial charge in [0.05, 0.1) is 17.6 Å². The predicted octanol–water partition coefficient (Wildman–Crippen LogP) is 2.14. The summed E-state index contributed by atoms with van der Waals surface area (Å²) in [5.74, 6) is 0.738. The third-order valence-electron chi connectivity index (χ3n) is 2.93. The Labute approximate surface area is 97.0 Å². The quantitative estimate of drug-likeness (QED) is 0.720. The molecule has 1 fully saturated rings. The fourth-order valence-electron chi connectivity index (χ4n) is 1.97. The average Bonchev–Trinajstić information content (AvgIpc) is 3.04. The third-order valence-corrected chi connectivity index (χ3v) is 2.93. The van der Waals surface area contributed by atoms with Crippen molar-refractivity contribution in [2.24, 2.45) is 7.05 Å². The Balaban J connectivity index is 1.80. The fraction of sp³-hybridized carbons (Fsp3) is 0.750. The molecule has 0 bridgehead atoms. The van der Waals surface area contributed by atoms with Crippen molar-refractivity contribution in [1.29, 1.82) is 0 Å². The van der Waals surface area contributed by atoms with Gasteiger partial charge in [-0.05, 0) is 26.2 Å². The Morgan fingerprint density at radius 1 is 1.56 bits per heavy atom. The van der Waals surface area contributed by atoms with Crippen LogP contribution in [0.3, 0.4) is 0 Å². The zero-order valence-electron chi connectivity index (χ0n) is 10.2. The van der Waals surface area contributed by atoms with Gasteiger partial charge in [0, 0.05) is 32.7 Å². The Morgan fingerprint density at radius 3 is 3.06 bits per heavy atom. The molecule has 1 heterocycles. The van der Waals surface area contributed by atoms with Crippen LogP contribution in [0.5, 0.6) is 0 Å². The number of aryl methyl sites for hydroxylation is 1. The molecule has 16 heavy (non-hydrogen) atoms. The summed E-state index contributed by atoms with van der Waals surface area (Å²) in [5.41, 5.74) is 2.58. The van der Waals surface area contributed by atoms with Crippen LogP contribution >= 0.6 is 0 Å². The molecule has 0 amide bonds. The zero-order chi connectivity index (χ0) is 11.4. The molecule has 1 aliphatic rings. The van der Waals surface area contributed by atoms with Crippen LogP contribution < -0.4 is 5.32 Å². The highest BCUT2D eigenvalue weighted by atomic mass is 16.5. The lowest BCUT2D eigenvalue weighted by molar-refractivity contribution is 0.147. The molecular weight excluding hydrogens is 202 g/mol. The van der Waals surface area contributed by atoms with Gasteiger partial charge in [0.15, 0.2) is 0 Å². The van der Waals surface area contributed by atoms with E-state index >= 15 is 0 Å². The van der Waals surface area contributed by atoms with Gasteiger partial charge < -0.3 is 10.1 Å². The molecule has 4 heteroatoms. The van der Waals surface area contributed by atoms with Crippen molar-refractivity contribution < 1.29 is 4.74 Å². The Kier molecular flexibility index (Phi) is 3.83. The van der Waals surface area contributed by atoms with E-state index in [1.54, 1.807) is 0 Å². The van der Waals surface area contributed by atoms with Crippen molar-refractivity contribution in [3.63, 3.8) is 0 Å². The molecule has 1 aromatic rings. The number of nitrogens with one attached hydrogen (secondary N) is 1. The van der Waals surface area contributed by atoms with E-state index in [4.69, 9.17) is 4.74 Å². The van der Waals surface area contributed by atoms with Crippen molar-refractivity contribution in [3.05, 3.63) is 11.9 Å². The molecule has 90 valence electrons. The smallest absolute Gasteiger partial charge is 0.0761 e. The van der Waals surface area contributed by atoms with Gasteiger partial charge in [-0.25, -0.2) is 0 Å². The molecule has 0 spiro atoms. The summed E-state index contributed by atoms with van der Waals surface area (Å²) in [7, 11) is 2.03. The van der Waals surface area contributed by atoms with Gasteiger partial charge in [-0.1, -0.05) is 0 Å². The highest BCUT2D eigenvalue weighted by Gasteiger charge is 2.29.